The largest absolute Gasteiger partial charge is 0.396 e. The molecule has 0 radical (unpaired) electrons. The van der Waals surface area contributed by atoms with Gasteiger partial charge in [0, 0.05) is 32.8 Å². The van der Waals surface area contributed by atoms with Gasteiger partial charge in [0.15, 0.2) is 0 Å². The Morgan fingerprint density at radius 2 is 1.52 bits per heavy atom. The maximum atomic E-state index is 12.0. The fourth-order valence-corrected chi connectivity index (χ4v) is 3.40. The zero-order chi connectivity index (χ0) is 15.1. The number of morpholine rings is 1. The maximum Gasteiger partial charge on any atom is 0.232 e. The summed E-state index contributed by atoms with van der Waals surface area (Å²) in [4.78, 5) is 27.6. The average Bonchev–Trinajstić information content (AvgIpc) is 2.55. The molecule has 0 bridgehead atoms. The zero-order valence-corrected chi connectivity index (χ0v) is 13.1. The minimum absolute atomic E-state index is 0.0927. The van der Waals surface area contributed by atoms with Crippen molar-refractivity contribution in [2.45, 2.75) is 12.8 Å². The van der Waals surface area contributed by atoms with E-state index in [2.05, 4.69) is 0 Å². The van der Waals surface area contributed by atoms with Gasteiger partial charge < -0.3 is 19.6 Å². The Balaban J connectivity index is 1.61. The standard InChI is InChI=1S/C14H24N2O4S/c17-9-12-1-3-15(4-2-12)13(18)10-21-11-14(19)16-5-7-20-8-6-16/h12,17H,1-11H2. The highest BCUT2D eigenvalue weighted by atomic mass is 32.2. The third-order valence-electron chi connectivity index (χ3n) is 4.04. The van der Waals surface area contributed by atoms with Gasteiger partial charge >= 0.3 is 0 Å². The summed E-state index contributed by atoms with van der Waals surface area (Å²) in [5.41, 5.74) is 0. The van der Waals surface area contributed by atoms with E-state index in [1.165, 1.54) is 11.8 Å². The minimum Gasteiger partial charge on any atom is -0.396 e. The highest BCUT2D eigenvalue weighted by molar-refractivity contribution is 8.00. The van der Waals surface area contributed by atoms with E-state index < -0.39 is 0 Å². The number of amides is 2. The molecule has 2 amide bonds. The molecule has 6 nitrogen and oxygen atoms in total. The van der Waals surface area contributed by atoms with Gasteiger partial charge in [-0.05, 0) is 18.8 Å². The van der Waals surface area contributed by atoms with Crippen molar-refractivity contribution < 1.29 is 19.4 Å². The molecule has 2 rings (SSSR count). The van der Waals surface area contributed by atoms with E-state index in [0.29, 0.717) is 43.7 Å². The molecule has 2 saturated heterocycles. The number of aliphatic hydroxyl groups is 1. The number of ether oxygens (including phenoxy) is 1. The first kappa shape index (κ1) is 16.6. The molecular formula is C14H24N2O4S. The van der Waals surface area contributed by atoms with Crippen LogP contribution >= 0.6 is 11.8 Å². The molecule has 1 N–H and O–H groups in total. The van der Waals surface area contributed by atoms with Crippen LogP contribution in [0.25, 0.3) is 0 Å². The monoisotopic (exact) mass is 316 g/mol. The van der Waals surface area contributed by atoms with Crippen molar-refractivity contribution in [1.29, 1.82) is 0 Å². The molecule has 7 heteroatoms. The quantitative estimate of drug-likeness (QED) is 0.761. The van der Waals surface area contributed by atoms with E-state index in [9.17, 15) is 9.59 Å². The summed E-state index contributed by atoms with van der Waals surface area (Å²) < 4.78 is 5.21. The number of piperidine rings is 1. The SMILES string of the molecule is O=C(CSCC(=O)N1CCC(CO)CC1)N1CCOCC1. The third kappa shape index (κ3) is 5.16. The van der Waals surface area contributed by atoms with Gasteiger partial charge in [0.2, 0.25) is 11.8 Å². The summed E-state index contributed by atoms with van der Waals surface area (Å²) in [5, 5.41) is 9.08. The smallest absolute Gasteiger partial charge is 0.232 e. The first-order chi connectivity index (χ1) is 10.2. The van der Waals surface area contributed by atoms with Crippen LogP contribution in [0.3, 0.4) is 0 Å². The third-order valence-corrected chi connectivity index (χ3v) is 4.94. The second-order valence-electron chi connectivity index (χ2n) is 5.49. The zero-order valence-electron chi connectivity index (χ0n) is 12.3. The summed E-state index contributed by atoms with van der Waals surface area (Å²) >= 11 is 1.39. The Bertz CT molecular complexity index is 353. The van der Waals surface area contributed by atoms with Crippen LogP contribution in [-0.4, -0.2) is 84.2 Å². The lowest BCUT2D eigenvalue weighted by molar-refractivity contribution is -0.132. The highest BCUT2D eigenvalue weighted by Crippen LogP contribution is 2.17. The fourth-order valence-electron chi connectivity index (χ4n) is 2.59. The summed E-state index contributed by atoms with van der Waals surface area (Å²) in [6.45, 7) is 4.18. The molecule has 0 aromatic heterocycles. The summed E-state index contributed by atoms with van der Waals surface area (Å²) in [5.74, 6) is 1.25. The van der Waals surface area contributed by atoms with Crippen LogP contribution in [0.1, 0.15) is 12.8 Å². The average molecular weight is 316 g/mol. The van der Waals surface area contributed by atoms with E-state index in [0.717, 1.165) is 25.9 Å². The molecule has 0 spiro atoms. The van der Waals surface area contributed by atoms with E-state index >= 15 is 0 Å². The van der Waals surface area contributed by atoms with Gasteiger partial charge in [-0.1, -0.05) is 0 Å². The number of carbonyl (C=O) groups excluding carboxylic acids is 2. The first-order valence-corrected chi connectivity index (χ1v) is 8.68. The van der Waals surface area contributed by atoms with Gasteiger partial charge in [-0.15, -0.1) is 11.8 Å². The number of aliphatic hydroxyl groups excluding tert-OH is 1. The lowest BCUT2D eigenvalue weighted by atomic mass is 9.98. The van der Waals surface area contributed by atoms with Crippen molar-refractivity contribution in [1.82, 2.24) is 9.80 Å². The molecule has 2 aliphatic heterocycles. The number of hydrogen-bond donors (Lipinski definition) is 1. The summed E-state index contributed by atoms with van der Waals surface area (Å²) in [7, 11) is 0. The normalized spacial score (nSPS) is 20.6. The fraction of sp³-hybridized carbons (Fsp3) is 0.857. The molecule has 2 aliphatic rings. The van der Waals surface area contributed by atoms with Crippen LogP contribution in [0.2, 0.25) is 0 Å². The Kier molecular flexibility index (Phi) is 6.79. The van der Waals surface area contributed by atoms with Gasteiger partial charge in [0.1, 0.15) is 0 Å². The minimum atomic E-state index is 0.0927. The Morgan fingerprint density at radius 3 is 2.05 bits per heavy atom. The van der Waals surface area contributed by atoms with Gasteiger partial charge in [-0.25, -0.2) is 0 Å². The predicted molar refractivity (Wildman–Crippen MR) is 81.1 cm³/mol. The van der Waals surface area contributed by atoms with Gasteiger partial charge in [-0.2, -0.15) is 0 Å². The van der Waals surface area contributed by atoms with Crippen LogP contribution in [0.5, 0.6) is 0 Å². The molecule has 2 heterocycles. The van der Waals surface area contributed by atoms with Crippen molar-refractivity contribution in [3.8, 4) is 0 Å². The number of likely N-dealkylation sites (tertiary alicyclic amines) is 1. The van der Waals surface area contributed by atoms with Crippen molar-refractivity contribution in [2.75, 3.05) is 57.5 Å². The molecule has 0 aromatic carbocycles. The molecule has 2 fully saturated rings. The molecule has 0 atom stereocenters. The lowest BCUT2D eigenvalue weighted by Gasteiger charge is -2.31. The molecule has 0 saturated carbocycles. The number of carbonyl (C=O) groups is 2. The van der Waals surface area contributed by atoms with Gasteiger partial charge in [-0.3, -0.25) is 9.59 Å². The molecule has 0 aromatic rings. The number of thioether (sulfide) groups is 1. The number of hydrogen-bond acceptors (Lipinski definition) is 5. The molecule has 21 heavy (non-hydrogen) atoms. The van der Waals surface area contributed by atoms with Crippen LogP contribution in [0.4, 0.5) is 0 Å². The highest BCUT2D eigenvalue weighted by Gasteiger charge is 2.23. The van der Waals surface area contributed by atoms with Crippen LogP contribution in [0.15, 0.2) is 0 Å². The Hall–Kier alpha value is -0.790. The van der Waals surface area contributed by atoms with Gasteiger partial charge in [0.25, 0.3) is 0 Å². The van der Waals surface area contributed by atoms with Crippen molar-refractivity contribution in [3.05, 3.63) is 0 Å². The molecule has 120 valence electrons. The van der Waals surface area contributed by atoms with Crippen molar-refractivity contribution in [3.63, 3.8) is 0 Å². The predicted octanol–water partition coefficient (Wildman–Crippen LogP) is -0.191. The van der Waals surface area contributed by atoms with Crippen LogP contribution in [-0.2, 0) is 14.3 Å². The second kappa shape index (κ2) is 8.60. The van der Waals surface area contributed by atoms with Crippen molar-refractivity contribution in [2.24, 2.45) is 5.92 Å². The molecular weight excluding hydrogens is 292 g/mol. The first-order valence-electron chi connectivity index (χ1n) is 7.52. The Morgan fingerprint density at radius 1 is 1.00 bits per heavy atom. The second-order valence-corrected chi connectivity index (χ2v) is 6.48. The maximum absolute atomic E-state index is 12.0. The van der Waals surface area contributed by atoms with E-state index in [1.54, 1.807) is 4.90 Å². The topological polar surface area (TPSA) is 70.1 Å². The van der Waals surface area contributed by atoms with E-state index in [4.69, 9.17) is 9.84 Å². The van der Waals surface area contributed by atoms with Gasteiger partial charge in [0.05, 0.1) is 24.7 Å². The summed E-state index contributed by atoms with van der Waals surface area (Å²) in [6.07, 6.45) is 1.75. The number of nitrogens with zero attached hydrogens (tertiary/aromatic N) is 2. The van der Waals surface area contributed by atoms with Crippen LogP contribution < -0.4 is 0 Å². The molecule has 0 unspecified atom stereocenters. The molecule has 0 aliphatic carbocycles. The van der Waals surface area contributed by atoms with Crippen molar-refractivity contribution >= 4 is 23.6 Å². The van der Waals surface area contributed by atoms with Crippen LogP contribution in [0, 0.1) is 5.92 Å². The number of rotatable bonds is 5. The lowest BCUT2D eigenvalue weighted by Crippen LogP contribution is -2.42. The van der Waals surface area contributed by atoms with E-state index in [-0.39, 0.29) is 18.4 Å². The summed E-state index contributed by atoms with van der Waals surface area (Å²) in [6, 6.07) is 0. The Labute approximate surface area is 129 Å². The van der Waals surface area contributed by atoms with E-state index in [1.807, 2.05) is 4.90 Å².